The molecule has 3 aromatic rings. The van der Waals surface area contributed by atoms with Gasteiger partial charge in [0.25, 0.3) is 5.56 Å². The standard InChI is InChI=1S/C23H30N4O2S/c1-17-16-30-22-21(17)24-20-9-11-26(12-13-27(20)23(22)28)15-18-7-4-5-8-19(18)29-14-6-10-25(2)3/h4-5,7-8,16H,6,9-15H2,1-3H3. The van der Waals surface area contributed by atoms with E-state index in [1.54, 1.807) is 0 Å². The minimum absolute atomic E-state index is 0.111. The fourth-order valence-corrected chi connectivity index (χ4v) is 4.86. The van der Waals surface area contributed by atoms with E-state index >= 15 is 0 Å². The van der Waals surface area contributed by atoms with E-state index in [9.17, 15) is 4.79 Å². The second-order valence-electron chi connectivity index (χ2n) is 8.22. The van der Waals surface area contributed by atoms with Crippen LogP contribution in [0.2, 0.25) is 0 Å². The van der Waals surface area contributed by atoms with E-state index in [0.29, 0.717) is 6.54 Å². The molecule has 0 fully saturated rings. The maximum Gasteiger partial charge on any atom is 0.271 e. The number of nitrogens with zero attached hydrogens (tertiary/aromatic N) is 4. The first-order chi connectivity index (χ1) is 14.5. The predicted molar refractivity (Wildman–Crippen MR) is 123 cm³/mol. The summed E-state index contributed by atoms with van der Waals surface area (Å²) in [4.78, 5) is 22.4. The Labute approximate surface area is 181 Å². The van der Waals surface area contributed by atoms with Gasteiger partial charge >= 0.3 is 0 Å². The number of rotatable bonds is 7. The number of hydrogen-bond donors (Lipinski definition) is 0. The molecule has 1 aliphatic heterocycles. The highest BCUT2D eigenvalue weighted by molar-refractivity contribution is 7.17. The molecule has 7 heteroatoms. The summed E-state index contributed by atoms with van der Waals surface area (Å²) in [5.74, 6) is 1.87. The van der Waals surface area contributed by atoms with Crippen LogP contribution in [0.1, 0.15) is 23.4 Å². The third-order valence-corrected chi connectivity index (χ3v) is 6.67. The van der Waals surface area contributed by atoms with Gasteiger partial charge in [-0.25, -0.2) is 4.98 Å². The van der Waals surface area contributed by atoms with Crippen LogP contribution < -0.4 is 10.3 Å². The number of aryl methyl sites for hydroxylation is 1. The first-order valence-electron chi connectivity index (χ1n) is 10.6. The van der Waals surface area contributed by atoms with Crippen LogP contribution in [0, 0.1) is 6.92 Å². The van der Waals surface area contributed by atoms with Crippen molar-refractivity contribution in [3.63, 3.8) is 0 Å². The number of benzene rings is 1. The van der Waals surface area contributed by atoms with E-state index < -0.39 is 0 Å². The van der Waals surface area contributed by atoms with E-state index in [-0.39, 0.29) is 5.56 Å². The Kier molecular flexibility index (Phi) is 6.51. The van der Waals surface area contributed by atoms with Crippen LogP contribution >= 0.6 is 11.3 Å². The predicted octanol–water partition coefficient (Wildman–Crippen LogP) is 3.16. The molecule has 160 valence electrons. The van der Waals surface area contributed by atoms with Gasteiger partial charge in [-0.1, -0.05) is 18.2 Å². The maximum absolute atomic E-state index is 12.9. The van der Waals surface area contributed by atoms with Crippen LogP contribution in [-0.2, 0) is 19.5 Å². The summed E-state index contributed by atoms with van der Waals surface area (Å²) >= 11 is 1.51. The molecular formula is C23H30N4O2S. The molecule has 0 unspecified atom stereocenters. The number of hydrogen-bond acceptors (Lipinski definition) is 6. The summed E-state index contributed by atoms with van der Waals surface area (Å²) in [6, 6.07) is 8.29. The minimum atomic E-state index is 0.111. The van der Waals surface area contributed by atoms with Gasteiger partial charge in [-0.05, 0) is 44.4 Å². The molecule has 3 heterocycles. The molecule has 0 spiro atoms. The van der Waals surface area contributed by atoms with E-state index in [0.717, 1.165) is 73.0 Å². The van der Waals surface area contributed by atoms with Crippen molar-refractivity contribution >= 4 is 21.6 Å². The Hall–Kier alpha value is -2.22. The SMILES string of the molecule is Cc1csc2c(=O)n3c(nc12)CCN(Cc1ccccc1OCCCN(C)C)CC3. The molecule has 0 bridgehead atoms. The van der Waals surface area contributed by atoms with Crippen molar-refractivity contribution in [2.75, 3.05) is 40.3 Å². The number of ether oxygens (including phenoxy) is 1. The van der Waals surface area contributed by atoms with E-state index in [1.807, 2.05) is 22.9 Å². The van der Waals surface area contributed by atoms with E-state index in [2.05, 4.69) is 42.1 Å². The second kappa shape index (κ2) is 9.29. The Morgan fingerprint density at radius 2 is 2.03 bits per heavy atom. The molecule has 4 rings (SSSR count). The molecule has 0 saturated carbocycles. The zero-order chi connectivity index (χ0) is 21.1. The first kappa shape index (κ1) is 21.0. The van der Waals surface area contributed by atoms with Crippen LogP contribution in [0.5, 0.6) is 5.75 Å². The number of fused-ring (bicyclic) bond motifs is 2. The molecule has 1 aromatic carbocycles. The summed E-state index contributed by atoms with van der Waals surface area (Å²) in [5.41, 5.74) is 3.28. The van der Waals surface area contributed by atoms with Crippen molar-refractivity contribution in [3.8, 4) is 5.75 Å². The quantitative estimate of drug-likeness (QED) is 0.543. The summed E-state index contributed by atoms with van der Waals surface area (Å²) in [6.45, 7) is 6.98. The summed E-state index contributed by atoms with van der Waals surface area (Å²) in [7, 11) is 4.16. The molecule has 0 aliphatic carbocycles. The molecule has 0 atom stereocenters. The summed E-state index contributed by atoms with van der Waals surface area (Å²) in [6.07, 6.45) is 1.79. The van der Waals surface area contributed by atoms with Crippen LogP contribution in [0.4, 0.5) is 0 Å². The highest BCUT2D eigenvalue weighted by atomic mass is 32.1. The fourth-order valence-electron chi connectivity index (χ4n) is 3.93. The zero-order valence-electron chi connectivity index (χ0n) is 18.1. The molecule has 0 radical (unpaired) electrons. The lowest BCUT2D eigenvalue weighted by molar-refractivity contribution is 0.253. The van der Waals surface area contributed by atoms with Crippen molar-refractivity contribution < 1.29 is 4.74 Å². The van der Waals surface area contributed by atoms with Crippen LogP contribution in [-0.4, -0.2) is 59.7 Å². The fraction of sp³-hybridized carbons (Fsp3) is 0.478. The van der Waals surface area contributed by atoms with E-state index in [1.165, 1.54) is 16.9 Å². The normalized spacial score (nSPS) is 14.8. The highest BCUT2D eigenvalue weighted by Gasteiger charge is 2.20. The Bertz CT molecular complexity index is 1070. The molecular weight excluding hydrogens is 396 g/mol. The Balaban J connectivity index is 1.45. The largest absolute Gasteiger partial charge is 0.493 e. The van der Waals surface area contributed by atoms with Gasteiger partial charge in [-0.3, -0.25) is 14.3 Å². The Morgan fingerprint density at radius 1 is 1.20 bits per heavy atom. The van der Waals surface area contributed by atoms with Crippen LogP contribution in [0.25, 0.3) is 10.2 Å². The van der Waals surface area contributed by atoms with Crippen molar-refractivity contribution in [3.05, 3.63) is 57.0 Å². The van der Waals surface area contributed by atoms with Gasteiger partial charge in [0, 0.05) is 44.7 Å². The third kappa shape index (κ3) is 4.58. The van der Waals surface area contributed by atoms with Gasteiger partial charge in [0.05, 0.1) is 12.1 Å². The van der Waals surface area contributed by atoms with Gasteiger partial charge in [0.15, 0.2) is 0 Å². The van der Waals surface area contributed by atoms with Gasteiger partial charge in [0.1, 0.15) is 16.3 Å². The van der Waals surface area contributed by atoms with Crippen molar-refractivity contribution in [1.29, 1.82) is 0 Å². The van der Waals surface area contributed by atoms with Gasteiger partial charge in [0.2, 0.25) is 0 Å². The van der Waals surface area contributed by atoms with Crippen molar-refractivity contribution in [2.45, 2.75) is 32.9 Å². The number of para-hydroxylation sites is 1. The molecule has 0 saturated heterocycles. The molecule has 0 N–H and O–H groups in total. The lowest BCUT2D eigenvalue weighted by Gasteiger charge is -2.21. The van der Waals surface area contributed by atoms with Gasteiger partial charge < -0.3 is 9.64 Å². The monoisotopic (exact) mass is 426 g/mol. The minimum Gasteiger partial charge on any atom is -0.493 e. The second-order valence-corrected chi connectivity index (χ2v) is 9.10. The maximum atomic E-state index is 12.9. The average molecular weight is 427 g/mol. The summed E-state index contributed by atoms with van der Waals surface area (Å²) in [5, 5.41) is 2.03. The van der Waals surface area contributed by atoms with Crippen molar-refractivity contribution in [2.24, 2.45) is 0 Å². The summed E-state index contributed by atoms with van der Waals surface area (Å²) < 4.78 is 8.73. The number of aromatic nitrogens is 2. The van der Waals surface area contributed by atoms with Crippen molar-refractivity contribution in [1.82, 2.24) is 19.4 Å². The lowest BCUT2D eigenvalue weighted by atomic mass is 10.2. The third-order valence-electron chi connectivity index (χ3n) is 5.60. The molecule has 0 amide bonds. The first-order valence-corrected chi connectivity index (χ1v) is 11.5. The smallest absolute Gasteiger partial charge is 0.271 e. The Morgan fingerprint density at radius 3 is 2.87 bits per heavy atom. The lowest BCUT2D eigenvalue weighted by Crippen LogP contribution is -2.28. The van der Waals surface area contributed by atoms with Crippen LogP contribution in [0.3, 0.4) is 0 Å². The highest BCUT2D eigenvalue weighted by Crippen LogP contribution is 2.23. The molecule has 2 aromatic heterocycles. The molecule has 1 aliphatic rings. The zero-order valence-corrected chi connectivity index (χ0v) is 18.9. The topological polar surface area (TPSA) is 50.6 Å². The molecule has 30 heavy (non-hydrogen) atoms. The average Bonchev–Trinajstić information content (AvgIpc) is 2.97. The van der Waals surface area contributed by atoms with Crippen LogP contribution in [0.15, 0.2) is 34.4 Å². The van der Waals surface area contributed by atoms with Gasteiger partial charge in [-0.2, -0.15) is 0 Å². The number of thiophene rings is 1. The van der Waals surface area contributed by atoms with Gasteiger partial charge in [-0.15, -0.1) is 11.3 Å². The van der Waals surface area contributed by atoms with E-state index in [4.69, 9.17) is 9.72 Å². The molecule has 6 nitrogen and oxygen atoms in total.